The van der Waals surface area contributed by atoms with Crippen LogP contribution in [0.25, 0.3) is 0 Å². The number of phenols is 1. The van der Waals surface area contributed by atoms with Crippen LogP contribution < -0.4 is 5.32 Å². The van der Waals surface area contributed by atoms with E-state index in [1.165, 1.54) is 18.2 Å². The van der Waals surface area contributed by atoms with Gasteiger partial charge in [-0.1, -0.05) is 0 Å². The number of amides is 1. The zero-order chi connectivity index (χ0) is 13.0. The molecule has 1 atom stereocenters. The van der Waals surface area contributed by atoms with E-state index in [4.69, 9.17) is 10.2 Å². The predicted molar refractivity (Wildman–Crippen MR) is 57.2 cm³/mol. The first-order chi connectivity index (χ1) is 7.91. The maximum atomic E-state index is 12.0. The minimum absolute atomic E-state index is 0.0201. The lowest BCUT2D eigenvalue weighted by molar-refractivity contribution is -0.00270. The largest absolute Gasteiger partial charge is 0.508 e. The number of aromatic hydroxyl groups is 1. The average molecular weight is 245 g/mol. The number of aliphatic hydroxyl groups excluding tert-OH is 1. The maximum absolute atomic E-state index is 12.0. The number of carbonyl (C=O) groups excluding carboxylic acids is 1. The van der Waals surface area contributed by atoms with Crippen molar-refractivity contribution in [1.82, 2.24) is 5.32 Å². The number of rotatable bonds is 4. The fourth-order valence-corrected chi connectivity index (χ4v) is 1.28. The van der Waals surface area contributed by atoms with Crippen LogP contribution in [-0.4, -0.2) is 35.2 Å². The van der Waals surface area contributed by atoms with Gasteiger partial charge in [0.05, 0.1) is 0 Å². The first-order valence-electron chi connectivity index (χ1n) is 4.96. The zero-order valence-corrected chi connectivity index (χ0v) is 9.15. The van der Waals surface area contributed by atoms with Crippen LogP contribution in [0.2, 0.25) is 0 Å². The molecule has 0 aliphatic carbocycles. The molecule has 0 saturated heterocycles. The highest BCUT2D eigenvalue weighted by Crippen LogP contribution is 2.15. The van der Waals surface area contributed by atoms with Crippen molar-refractivity contribution in [1.29, 1.82) is 0 Å². The monoisotopic (exact) mass is 245 g/mol. The van der Waals surface area contributed by atoms with Crippen molar-refractivity contribution in [3.63, 3.8) is 0 Å². The number of halogens is 2. The molecule has 0 aliphatic rings. The summed E-state index contributed by atoms with van der Waals surface area (Å²) in [6.45, 7) is 1.09. The first kappa shape index (κ1) is 13.4. The molecular weight excluding hydrogens is 232 g/mol. The van der Waals surface area contributed by atoms with Gasteiger partial charge in [0.2, 0.25) is 0 Å². The molecule has 0 saturated carbocycles. The van der Waals surface area contributed by atoms with E-state index in [1.54, 1.807) is 6.92 Å². The molecule has 3 N–H and O–H groups in total. The number of benzene rings is 1. The molecular formula is C11H13F2NO3. The third-order valence-electron chi connectivity index (χ3n) is 2.22. The molecule has 0 aromatic heterocycles. The van der Waals surface area contributed by atoms with Crippen molar-refractivity contribution in [2.45, 2.75) is 19.5 Å². The van der Waals surface area contributed by atoms with E-state index < -0.39 is 25.0 Å². The Hall–Kier alpha value is -1.69. The van der Waals surface area contributed by atoms with Crippen molar-refractivity contribution in [3.8, 4) is 5.75 Å². The van der Waals surface area contributed by atoms with E-state index in [2.05, 4.69) is 5.32 Å². The summed E-state index contributed by atoms with van der Waals surface area (Å²) in [5, 5.41) is 20.2. The number of phenolic OH excluding ortho intramolecular Hbond substituents is 1. The van der Waals surface area contributed by atoms with Gasteiger partial charge in [0.1, 0.15) is 11.9 Å². The molecule has 1 rings (SSSR count). The number of aliphatic hydroxyl groups is 1. The molecule has 1 aromatic carbocycles. The minimum atomic E-state index is -2.89. The highest BCUT2D eigenvalue weighted by atomic mass is 19.3. The van der Waals surface area contributed by atoms with Gasteiger partial charge in [-0.05, 0) is 30.7 Å². The minimum Gasteiger partial charge on any atom is -0.508 e. The Morgan fingerprint density at radius 3 is 2.65 bits per heavy atom. The van der Waals surface area contributed by atoms with Gasteiger partial charge >= 0.3 is 0 Å². The lowest BCUT2D eigenvalue weighted by Gasteiger charge is -2.11. The number of alkyl halides is 2. The molecule has 0 fully saturated rings. The Morgan fingerprint density at radius 2 is 2.12 bits per heavy atom. The summed E-state index contributed by atoms with van der Waals surface area (Å²) in [7, 11) is 0. The predicted octanol–water partition coefficient (Wildman–Crippen LogP) is 1.06. The summed E-state index contributed by atoms with van der Waals surface area (Å²) in [5.74, 6) is -0.547. The van der Waals surface area contributed by atoms with Crippen LogP contribution in [0.5, 0.6) is 5.75 Å². The van der Waals surface area contributed by atoms with E-state index in [0.29, 0.717) is 5.56 Å². The summed E-state index contributed by atoms with van der Waals surface area (Å²) in [5.41, 5.74) is 0.790. The molecule has 94 valence electrons. The molecule has 6 heteroatoms. The number of hydrogen-bond donors (Lipinski definition) is 3. The number of hydrogen-bond acceptors (Lipinski definition) is 3. The van der Waals surface area contributed by atoms with Gasteiger partial charge in [-0.3, -0.25) is 4.79 Å². The lowest BCUT2D eigenvalue weighted by atomic mass is 10.1. The first-order valence-corrected chi connectivity index (χ1v) is 4.96. The molecule has 0 spiro atoms. The van der Waals surface area contributed by atoms with Gasteiger partial charge in [-0.25, -0.2) is 8.78 Å². The van der Waals surface area contributed by atoms with Gasteiger partial charge in [0.15, 0.2) is 0 Å². The quantitative estimate of drug-likeness (QED) is 0.742. The van der Waals surface area contributed by atoms with E-state index in [1.807, 2.05) is 0 Å². The Balaban J connectivity index is 2.64. The highest BCUT2D eigenvalue weighted by Gasteiger charge is 2.18. The summed E-state index contributed by atoms with van der Waals surface area (Å²) in [6.07, 6.45) is -4.77. The van der Waals surface area contributed by atoms with Crippen molar-refractivity contribution in [2.75, 3.05) is 6.54 Å². The molecule has 1 amide bonds. The second-order valence-corrected chi connectivity index (χ2v) is 3.61. The summed E-state index contributed by atoms with van der Waals surface area (Å²) < 4.78 is 24.0. The maximum Gasteiger partial charge on any atom is 0.265 e. The number of nitrogens with one attached hydrogen (secondary N) is 1. The van der Waals surface area contributed by atoms with Crippen molar-refractivity contribution < 1.29 is 23.8 Å². The molecule has 1 aromatic rings. The van der Waals surface area contributed by atoms with Crippen LogP contribution in [0.1, 0.15) is 15.9 Å². The SMILES string of the molecule is Cc1cc(O)ccc1C(=O)NCC(O)C(F)F. The van der Waals surface area contributed by atoms with Crippen molar-refractivity contribution in [2.24, 2.45) is 0 Å². The van der Waals surface area contributed by atoms with Gasteiger partial charge in [-0.2, -0.15) is 0 Å². The Morgan fingerprint density at radius 1 is 1.47 bits per heavy atom. The third-order valence-corrected chi connectivity index (χ3v) is 2.22. The second kappa shape index (κ2) is 5.58. The van der Waals surface area contributed by atoms with Crippen LogP contribution in [-0.2, 0) is 0 Å². The standard InChI is InChI=1S/C11H13F2NO3/c1-6-4-7(15)2-3-8(6)11(17)14-5-9(16)10(12)13/h2-4,9-10,15-16H,5H2,1H3,(H,14,17). The van der Waals surface area contributed by atoms with E-state index in [9.17, 15) is 13.6 Å². The summed E-state index contributed by atoms with van der Waals surface area (Å²) in [6, 6.07) is 4.10. The fourth-order valence-electron chi connectivity index (χ4n) is 1.28. The molecule has 0 aliphatic heterocycles. The lowest BCUT2D eigenvalue weighted by Crippen LogP contribution is -2.36. The summed E-state index contributed by atoms with van der Waals surface area (Å²) >= 11 is 0. The topological polar surface area (TPSA) is 69.6 Å². The molecule has 1 unspecified atom stereocenters. The van der Waals surface area contributed by atoms with Gasteiger partial charge in [0.25, 0.3) is 12.3 Å². The smallest absolute Gasteiger partial charge is 0.265 e. The second-order valence-electron chi connectivity index (χ2n) is 3.61. The third kappa shape index (κ3) is 3.67. The van der Waals surface area contributed by atoms with E-state index in [-0.39, 0.29) is 11.3 Å². The molecule has 17 heavy (non-hydrogen) atoms. The number of aryl methyl sites for hydroxylation is 1. The van der Waals surface area contributed by atoms with Crippen molar-refractivity contribution in [3.05, 3.63) is 29.3 Å². The molecule has 0 bridgehead atoms. The molecule has 0 heterocycles. The van der Waals surface area contributed by atoms with Crippen LogP contribution in [0.4, 0.5) is 8.78 Å². The normalized spacial score (nSPS) is 12.5. The van der Waals surface area contributed by atoms with Crippen molar-refractivity contribution >= 4 is 5.91 Å². The van der Waals surface area contributed by atoms with Crippen LogP contribution in [0, 0.1) is 6.92 Å². The Bertz CT molecular complexity index is 410. The zero-order valence-electron chi connectivity index (χ0n) is 9.15. The Kier molecular flexibility index (Phi) is 4.39. The highest BCUT2D eigenvalue weighted by molar-refractivity contribution is 5.95. The van der Waals surface area contributed by atoms with Gasteiger partial charge < -0.3 is 15.5 Å². The Labute approximate surface area is 96.9 Å². The molecule has 0 radical (unpaired) electrons. The van der Waals surface area contributed by atoms with E-state index in [0.717, 1.165) is 0 Å². The van der Waals surface area contributed by atoms with Crippen LogP contribution in [0.3, 0.4) is 0 Å². The van der Waals surface area contributed by atoms with Crippen LogP contribution in [0.15, 0.2) is 18.2 Å². The van der Waals surface area contributed by atoms with E-state index >= 15 is 0 Å². The van der Waals surface area contributed by atoms with Gasteiger partial charge in [0, 0.05) is 12.1 Å². The number of carbonyl (C=O) groups is 1. The summed E-state index contributed by atoms with van der Waals surface area (Å²) in [4.78, 5) is 11.6. The molecule has 4 nitrogen and oxygen atoms in total. The van der Waals surface area contributed by atoms with Crippen LogP contribution >= 0.6 is 0 Å². The average Bonchev–Trinajstić information content (AvgIpc) is 2.25. The van der Waals surface area contributed by atoms with Gasteiger partial charge in [-0.15, -0.1) is 0 Å². The fraction of sp³-hybridized carbons (Fsp3) is 0.364.